The van der Waals surface area contributed by atoms with Gasteiger partial charge in [0.15, 0.2) is 0 Å². The molecule has 0 aliphatic rings. The molecule has 1 aromatic carbocycles. The largest absolute Gasteiger partial charge is 0.398 e. The molecule has 0 radical (unpaired) electrons. The summed E-state index contributed by atoms with van der Waals surface area (Å²) in [5.74, 6) is 1.02. The van der Waals surface area contributed by atoms with Gasteiger partial charge in [0.1, 0.15) is 0 Å². The summed E-state index contributed by atoms with van der Waals surface area (Å²) in [4.78, 5) is 1.28. The Hall–Kier alpha value is -0.890. The average molecular weight is 207 g/mol. The second-order valence-electron chi connectivity index (χ2n) is 3.56. The first-order valence-corrected chi connectivity index (χ1v) is 5.71. The number of allylic oxidation sites excluding steroid dienone is 1. The lowest BCUT2D eigenvalue weighted by molar-refractivity contribution is 1.30. The highest BCUT2D eigenvalue weighted by Crippen LogP contribution is 2.26. The molecule has 0 unspecified atom stereocenters. The van der Waals surface area contributed by atoms with Crippen molar-refractivity contribution in [2.24, 2.45) is 0 Å². The summed E-state index contributed by atoms with van der Waals surface area (Å²) in [7, 11) is 0. The number of rotatable bonds is 3. The van der Waals surface area contributed by atoms with Crippen molar-refractivity contribution in [1.29, 1.82) is 0 Å². The average Bonchev–Trinajstić information content (AvgIpc) is 2.12. The van der Waals surface area contributed by atoms with E-state index in [-0.39, 0.29) is 0 Å². The van der Waals surface area contributed by atoms with Crippen LogP contribution in [0.3, 0.4) is 0 Å². The lowest BCUT2D eigenvalue weighted by Crippen LogP contribution is -1.90. The van der Waals surface area contributed by atoms with Crippen molar-refractivity contribution in [3.63, 3.8) is 0 Å². The molecule has 0 fully saturated rings. The molecule has 1 aromatic rings. The minimum atomic E-state index is 0.882. The molecule has 2 heteroatoms. The van der Waals surface area contributed by atoms with Gasteiger partial charge in [0.2, 0.25) is 0 Å². The van der Waals surface area contributed by atoms with Crippen molar-refractivity contribution >= 4 is 17.4 Å². The van der Waals surface area contributed by atoms with Crippen LogP contribution in [0.1, 0.15) is 19.4 Å². The van der Waals surface area contributed by atoms with E-state index >= 15 is 0 Å². The predicted octanol–water partition coefficient (Wildman–Crippen LogP) is 3.64. The Morgan fingerprint density at radius 3 is 2.79 bits per heavy atom. The molecule has 1 nitrogen and oxygen atoms in total. The molecular formula is C12H17NS. The van der Waals surface area contributed by atoms with Crippen molar-refractivity contribution in [3.05, 3.63) is 35.4 Å². The van der Waals surface area contributed by atoms with Gasteiger partial charge < -0.3 is 5.73 Å². The van der Waals surface area contributed by atoms with E-state index in [9.17, 15) is 0 Å². The van der Waals surface area contributed by atoms with Crippen molar-refractivity contribution < 1.29 is 0 Å². The third-order valence-electron chi connectivity index (χ3n) is 2.06. The van der Waals surface area contributed by atoms with Crippen molar-refractivity contribution in [2.45, 2.75) is 25.7 Å². The zero-order valence-corrected chi connectivity index (χ0v) is 9.82. The number of nitrogen functional groups attached to an aromatic ring is 1. The Bertz CT molecular complexity index is 338. The minimum Gasteiger partial charge on any atom is -0.398 e. The summed E-state index contributed by atoms with van der Waals surface area (Å²) in [5.41, 5.74) is 9.26. The van der Waals surface area contributed by atoms with Crippen LogP contribution in [0.25, 0.3) is 0 Å². The summed E-state index contributed by atoms with van der Waals surface area (Å²) in [5, 5.41) is 0. The Balaban J connectivity index is 2.68. The molecule has 0 spiro atoms. The number of thioether (sulfide) groups is 1. The van der Waals surface area contributed by atoms with Gasteiger partial charge in [-0.2, -0.15) is 0 Å². The highest BCUT2D eigenvalue weighted by molar-refractivity contribution is 7.99. The minimum absolute atomic E-state index is 0.882. The topological polar surface area (TPSA) is 26.0 Å². The normalized spacial score (nSPS) is 9.93. The Labute approximate surface area is 90.4 Å². The predicted molar refractivity (Wildman–Crippen MR) is 65.7 cm³/mol. The fraction of sp³-hybridized carbons (Fsp3) is 0.333. The van der Waals surface area contributed by atoms with Crippen molar-refractivity contribution in [2.75, 3.05) is 11.5 Å². The van der Waals surface area contributed by atoms with Crippen LogP contribution in [0.2, 0.25) is 0 Å². The fourth-order valence-corrected chi connectivity index (χ4v) is 2.19. The van der Waals surface area contributed by atoms with Crippen LogP contribution in [0.15, 0.2) is 34.7 Å². The smallest absolute Gasteiger partial charge is 0.0354 e. The maximum atomic E-state index is 5.82. The van der Waals surface area contributed by atoms with E-state index in [2.05, 4.69) is 32.9 Å². The van der Waals surface area contributed by atoms with E-state index in [4.69, 9.17) is 5.73 Å². The van der Waals surface area contributed by atoms with Gasteiger partial charge in [-0.25, -0.2) is 0 Å². The molecule has 0 atom stereocenters. The maximum Gasteiger partial charge on any atom is 0.0354 e. The fourth-order valence-electron chi connectivity index (χ4n) is 1.09. The lowest BCUT2D eigenvalue weighted by atomic mass is 10.2. The molecule has 0 bridgehead atoms. The number of nitrogens with two attached hydrogens (primary N) is 1. The number of hydrogen-bond donors (Lipinski definition) is 1. The quantitative estimate of drug-likeness (QED) is 0.465. The highest BCUT2D eigenvalue weighted by Gasteiger charge is 1.99. The van der Waals surface area contributed by atoms with Crippen LogP contribution >= 0.6 is 11.8 Å². The van der Waals surface area contributed by atoms with E-state index < -0.39 is 0 Å². The Kier molecular flexibility index (Phi) is 4.08. The van der Waals surface area contributed by atoms with Crippen LogP contribution < -0.4 is 5.73 Å². The van der Waals surface area contributed by atoms with Gasteiger partial charge in [-0.3, -0.25) is 0 Å². The molecule has 0 heterocycles. The van der Waals surface area contributed by atoms with Crippen LogP contribution in [-0.4, -0.2) is 5.75 Å². The van der Waals surface area contributed by atoms with Crippen LogP contribution in [0.4, 0.5) is 5.69 Å². The molecule has 0 amide bonds. The molecule has 76 valence electrons. The first-order valence-electron chi connectivity index (χ1n) is 4.72. The highest BCUT2D eigenvalue weighted by atomic mass is 32.2. The van der Waals surface area contributed by atoms with Gasteiger partial charge in [0.05, 0.1) is 0 Å². The molecular weight excluding hydrogens is 190 g/mol. The SMILES string of the molecule is CC(C)=CCSc1cccc(N)c1C. The summed E-state index contributed by atoms with van der Waals surface area (Å²) < 4.78 is 0. The third-order valence-corrected chi connectivity index (χ3v) is 3.14. The first-order chi connectivity index (χ1) is 6.61. The zero-order chi connectivity index (χ0) is 10.6. The van der Waals surface area contributed by atoms with E-state index in [1.54, 1.807) is 0 Å². The number of benzene rings is 1. The second kappa shape index (κ2) is 5.11. The molecule has 0 saturated heterocycles. The second-order valence-corrected chi connectivity index (χ2v) is 4.62. The van der Waals surface area contributed by atoms with Gasteiger partial charge in [0, 0.05) is 16.3 Å². The summed E-state index contributed by atoms with van der Waals surface area (Å²) in [6.45, 7) is 6.31. The lowest BCUT2D eigenvalue weighted by Gasteiger charge is -2.06. The molecule has 0 saturated carbocycles. The Morgan fingerprint density at radius 1 is 1.43 bits per heavy atom. The van der Waals surface area contributed by atoms with Crippen molar-refractivity contribution in [3.8, 4) is 0 Å². The van der Waals surface area contributed by atoms with E-state index in [0.717, 1.165) is 11.4 Å². The molecule has 0 aliphatic heterocycles. The van der Waals surface area contributed by atoms with Gasteiger partial charge in [-0.1, -0.05) is 17.7 Å². The monoisotopic (exact) mass is 207 g/mol. The summed E-state index contributed by atoms with van der Waals surface area (Å²) in [6, 6.07) is 6.07. The maximum absolute atomic E-state index is 5.82. The summed E-state index contributed by atoms with van der Waals surface area (Å²) in [6.07, 6.45) is 2.23. The van der Waals surface area contributed by atoms with Crippen LogP contribution in [0.5, 0.6) is 0 Å². The summed E-state index contributed by atoms with van der Waals surface area (Å²) >= 11 is 1.83. The molecule has 0 aromatic heterocycles. The van der Waals surface area contributed by atoms with Crippen LogP contribution in [-0.2, 0) is 0 Å². The first kappa shape index (κ1) is 11.2. The Morgan fingerprint density at radius 2 is 2.14 bits per heavy atom. The van der Waals surface area contributed by atoms with E-state index in [0.29, 0.717) is 0 Å². The van der Waals surface area contributed by atoms with Gasteiger partial charge in [-0.05, 0) is 38.5 Å². The van der Waals surface area contributed by atoms with Crippen LogP contribution in [0, 0.1) is 6.92 Å². The van der Waals surface area contributed by atoms with E-state index in [1.807, 2.05) is 23.9 Å². The third kappa shape index (κ3) is 3.11. The number of anilines is 1. The molecule has 0 aliphatic carbocycles. The van der Waals surface area contributed by atoms with E-state index in [1.165, 1.54) is 16.0 Å². The number of hydrogen-bond acceptors (Lipinski definition) is 2. The van der Waals surface area contributed by atoms with Gasteiger partial charge in [-0.15, -0.1) is 11.8 Å². The van der Waals surface area contributed by atoms with Crippen molar-refractivity contribution in [1.82, 2.24) is 0 Å². The van der Waals surface area contributed by atoms with Gasteiger partial charge in [0.25, 0.3) is 0 Å². The zero-order valence-electron chi connectivity index (χ0n) is 9.00. The van der Waals surface area contributed by atoms with Gasteiger partial charge >= 0.3 is 0 Å². The molecule has 2 N–H and O–H groups in total. The standard InChI is InChI=1S/C12H17NS/c1-9(2)7-8-14-12-6-4-5-11(13)10(12)3/h4-7H,8,13H2,1-3H3. The molecule has 14 heavy (non-hydrogen) atoms. The molecule has 1 rings (SSSR count).